The molecule has 3 heteroatoms. The Morgan fingerprint density at radius 1 is 1.20 bits per heavy atom. The maximum atomic E-state index is 13.2. The SMILES string of the molecule is C[C@@H]1CC[C@@H](CC2C[C@@H](F)CN2C)N1C. The second-order valence-corrected chi connectivity index (χ2v) is 5.41. The zero-order valence-electron chi connectivity index (χ0n) is 10.1. The first kappa shape index (κ1) is 11.3. The molecule has 88 valence electrons. The van der Waals surface area contributed by atoms with E-state index in [2.05, 4.69) is 30.8 Å². The highest BCUT2D eigenvalue weighted by molar-refractivity contribution is 4.90. The van der Waals surface area contributed by atoms with Gasteiger partial charge >= 0.3 is 0 Å². The minimum absolute atomic E-state index is 0.470. The summed E-state index contributed by atoms with van der Waals surface area (Å²) in [5.74, 6) is 0. The molecule has 2 aliphatic rings. The summed E-state index contributed by atoms with van der Waals surface area (Å²) in [6, 6.07) is 1.86. The summed E-state index contributed by atoms with van der Waals surface area (Å²) in [6.45, 7) is 2.92. The minimum atomic E-state index is -0.593. The number of likely N-dealkylation sites (tertiary alicyclic amines) is 2. The molecule has 1 unspecified atom stereocenters. The quantitative estimate of drug-likeness (QED) is 0.693. The van der Waals surface area contributed by atoms with Crippen LogP contribution in [0.3, 0.4) is 0 Å². The van der Waals surface area contributed by atoms with Gasteiger partial charge in [-0.25, -0.2) is 4.39 Å². The molecule has 2 rings (SSSR count). The molecule has 0 aromatic heterocycles. The van der Waals surface area contributed by atoms with Crippen molar-refractivity contribution >= 4 is 0 Å². The Hall–Kier alpha value is -0.150. The van der Waals surface area contributed by atoms with Gasteiger partial charge in [0.15, 0.2) is 0 Å². The van der Waals surface area contributed by atoms with Gasteiger partial charge in [-0.2, -0.15) is 0 Å². The largest absolute Gasteiger partial charge is 0.301 e. The Bertz CT molecular complexity index is 222. The van der Waals surface area contributed by atoms with Crippen molar-refractivity contribution in [3.63, 3.8) is 0 Å². The van der Waals surface area contributed by atoms with E-state index in [9.17, 15) is 4.39 Å². The van der Waals surface area contributed by atoms with Crippen molar-refractivity contribution in [1.82, 2.24) is 9.80 Å². The monoisotopic (exact) mass is 214 g/mol. The third-order valence-corrected chi connectivity index (χ3v) is 4.37. The van der Waals surface area contributed by atoms with E-state index in [1.54, 1.807) is 0 Å². The summed E-state index contributed by atoms with van der Waals surface area (Å²) in [6.07, 6.45) is 3.90. The van der Waals surface area contributed by atoms with Crippen LogP contribution in [0.1, 0.15) is 32.6 Å². The second-order valence-electron chi connectivity index (χ2n) is 5.41. The molecule has 0 saturated carbocycles. The zero-order chi connectivity index (χ0) is 11.0. The van der Waals surface area contributed by atoms with E-state index in [0.717, 1.165) is 12.8 Å². The van der Waals surface area contributed by atoms with Crippen molar-refractivity contribution in [2.24, 2.45) is 0 Å². The highest BCUT2D eigenvalue weighted by atomic mass is 19.1. The van der Waals surface area contributed by atoms with Crippen molar-refractivity contribution in [1.29, 1.82) is 0 Å². The lowest BCUT2D eigenvalue weighted by Gasteiger charge is -2.28. The molecule has 15 heavy (non-hydrogen) atoms. The number of alkyl halides is 1. The fourth-order valence-corrected chi connectivity index (χ4v) is 3.09. The molecule has 2 heterocycles. The first-order valence-electron chi connectivity index (χ1n) is 6.14. The molecule has 4 atom stereocenters. The predicted octanol–water partition coefficient (Wildman–Crippen LogP) is 1.90. The summed E-state index contributed by atoms with van der Waals surface area (Å²) in [4.78, 5) is 4.67. The van der Waals surface area contributed by atoms with Crippen LogP contribution in [0.5, 0.6) is 0 Å². The molecule has 0 spiro atoms. The molecule has 0 aromatic rings. The standard InChI is InChI=1S/C12H23FN2/c1-9-4-5-11(15(9)3)7-12-6-10(13)8-14(12)2/h9-12H,4-8H2,1-3H3/t9-,10-,11+,12?/m1/s1. The van der Waals surface area contributed by atoms with Crippen molar-refractivity contribution in [3.8, 4) is 0 Å². The van der Waals surface area contributed by atoms with Crippen LogP contribution in [0.4, 0.5) is 4.39 Å². The fraction of sp³-hybridized carbons (Fsp3) is 1.00. The Labute approximate surface area is 92.4 Å². The van der Waals surface area contributed by atoms with Crippen LogP contribution in [0.15, 0.2) is 0 Å². The first-order valence-corrected chi connectivity index (χ1v) is 6.14. The van der Waals surface area contributed by atoms with Crippen molar-refractivity contribution in [2.45, 2.75) is 56.9 Å². The van der Waals surface area contributed by atoms with Gasteiger partial charge in [0.2, 0.25) is 0 Å². The van der Waals surface area contributed by atoms with Gasteiger partial charge in [-0.15, -0.1) is 0 Å². The molecular formula is C12H23FN2. The van der Waals surface area contributed by atoms with Crippen LogP contribution in [0.2, 0.25) is 0 Å². The van der Waals surface area contributed by atoms with Crippen LogP contribution in [0, 0.1) is 0 Å². The van der Waals surface area contributed by atoms with E-state index < -0.39 is 6.17 Å². The van der Waals surface area contributed by atoms with Crippen molar-refractivity contribution < 1.29 is 4.39 Å². The summed E-state index contributed by atoms with van der Waals surface area (Å²) in [5, 5.41) is 0. The second kappa shape index (κ2) is 4.38. The third-order valence-electron chi connectivity index (χ3n) is 4.37. The molecule has 2 fully saturated rings. The Kier molecular flexibility index (Phi) is 3.31. The lowest BCUT2D eigenvalue weighted by molar-refractivity contribution is 0.194. The minimum Gasteiger partial charge on any atom is -0.301 e. The average Bonchev–Trinajstić information content (AvgIpc) is 2.64. The van der Waals surface area contributed by atoms with Crippen LogP contribution < -0.4 is 0 Å². The summed E-state index contributed by atoms with van der Waals surface area (Å²) >= 11 is 0. The fourth-order valence-electron chi connectivity index (χ4n) is 3.09. The lowest BCUT2D eigenvalue weighted by Crippen LogP contribution is -2.36. The van der Waals surface area contributed by atoms with E-state index in [1.165, 1.54) is 12.8 Å². The van der Waals surface area contributed by atoms with E-state index in [0.29, 0.717) is 24.7 Å². The van der Waals surface area contributed by atoms with E-state index in [1.807, 2.05) is 0 Å². The van der Waals surface area contributed by atoms with Gasteiger partial charge in [0.1, 0.15) is 6.17 Å². The molecule has 0 amide bonds. The Morgan fingerprint density at radius 3 is 2.40 bits per heavy atom. The van der Waals surface area contributed by atoms with Gasteiger partial charge in [0, 0.05) is 24.7 Å². The molecular weight excluding hydrogens is 191 g/mol. The Balaban J connectivity index is 1.87. The lowest BCUT2D eigenvalue weighted by atomic mass is 10.0. The van der Waals surface area contributed by atoms with E-state index in [-0.39, 0.29) is 0 Å². The molecule has 0 bridgehead atoms. The van der Waals surface area contributed by atoms with Gasteiger partial charge in [-0.05, 0) is 46.7 Å². The normalized spacial score (nSPS) is 44.0. The van der Waals surface area contributed by atoms with E-state index >= 15 is 0 Å². The number of rotatable bonds is 2. The average molecular weight is 214 g/mol. The molecule has 0 radical (unpaired) electrons. The highest BCUT2D eigenvalue weighted by Gasteiger charge is 2.35. The number of nitrogens with zero attached hydrogens (tertiary/aromatic N) is 2. The van der Waals surface area contributed by atoms with Crippen molar-refractivity contribution in [2.75, 3.05) is 20.6 Å². The van der Waals surface area contributed by atoms with Crippen LogP contribution in [-0.4, -0.2) is 54.7 Å². The van der Waals surface area contributed by atoms with Gasteiger partial charge in [-0.1, -0.05) is 0 Å². The third kappa shape index (κ3) is 2.34. The highest BCUT2D eigenvalue weighted by Crippen LogP contribution is 2.30. The molecule has 2 aliphatic heterocycles. The topological polar surface area (TPSA) is 6.48 Å². The number of halogens is 1. The maximum absolute atomic E-state index is 13.2. The van der Waals surface area contributed by atoms with Crippen LogP contribution >= 0.6 is 0 Å². The Morgan fingerprint density at radius 2 is 1.93 bits per heavy atom. The van der Waals surface area contributed by atoms with Gasteiger partial charge in [-0.3, -0.25) is 0 Å². The molecule has 2 saturated heterocycles. The zero-order valence-corrected chi connectivity index (χ0v) is 10.1. The molecule has 2 nitrogen and oxygen atoms in total. The summed E-state index contributed by atoms with van der Waals surface area (Å²) < 4.78 is 13.2. The summed E-state index contributed by atoms with van der Waals surface area (Å²) in [5.41, 5.74) is 0. The van der Waals surface area contributed by atoms with Gasteiger partial charge < -0.3 is 9.80 Å². The van der Waals surface area contributed by atoms with Gasteiger partial charge in [0.25, 0.3) is 0 Å². The van der Waals surface area contributed by atoms with Crippen LogP contribution in [-0.2, 0) is 0 Å². The molecule has 0 aromatic carbocycles. The molecule has 0 N–H and O–H groups in total. The predicted molar refractivity (Wildman–Crippen MR) is 60.8 cm³/mol. The van der Waals surface area contributed by atoms with Crippen LogP contribution in [0.25, 0.3) is 0 Å². The van der Waals surface area contributed by atoms with Gasteiger partial charge in [0.05, 0.1) is 0 Å². The molecule has 0 aliphatic carbocycles. The smallest absolute Gasteiger partial charge is 0.114 e. The number of hydrogen-bond acceptors (Lipinski definition) is 2. The first-order chi connectivity index (χ1) is 7.08. The number of hydrogen-bond donors (Lipinski definition) is 0. The maximum Gasteiger partial charge on any atom is 0.114 e. The summed E-state index contributed by atoms with van der Waals surface area (Å²) in [7, 11) is 4.27. The van der Waals surface area contributed by atoms with Crippen molar-refractivity contribution in [3.05, 3.63) is 0 Å². The van der Waals surface area contributed by atoms with E-state index in [4.69, 9.17) is 0 Å².